The maximum absolute atomic E-state index is 13.2. The zero-order valence-corrected chi connectivity index (χ0v) is 18.2. The van der Waals surface area contributed by atoms with E-state index in [4.69, 9.17) is 4.98 Å². The fraction of sp³-hybridized carbons (Fsp3) is 0.120. The number of hydrogen-bond acceptors (Lipinski definition) is 5. The van der Waals surface area contributed by atoms with Crippen LogP contribution >= 0.6 is 11.3 Å². The highest BCUT2D eigenvalue weighted by atomic mass is 32.1. The molecule has 0 aliphatic carbocycles. The van der Waals surface area contributed by atoms with E-state index in [-0.39, 0.29) is 18.0 Å². The van der Waals surface area contributed by atoms with Crippen molar-refractivity contribution in [2.75, 3.05) is 0 Å². The molecule has 0 saturated heterocycles. The molecule has 5 aromatic rings. The molecule has 7 heteroatoms. The topological polar surface area (TPSA) is 76.9 Å². The van der Waals surface area contributed by atoms with Crippen LogP contribution in [0.15, 0.2) is 77.6 Å². The van der Waals surface area contributed by atoms with Crippen molar-refractivity contribution in [3.8, 4) is 11.3 Å². The molecule has 6 nitrogen and oxygen atoms in total. The molecule has 1 amide bonds. The lowest BCUT2D eigenvalue weighted by Crippen LogP contribution is -2.33. The van der Waals surface area contributed by atoms with Crippen LogP contribution < -0.4 is 10.9 Å². The van der Waals surface area contributed by atoms with Crippen LogP contribution in [0.3, 0.4) is 0 Å². The van der Waals surface area contributed by atoms with E-state index in [1.807, 2.05) is 72.8 Å². The Morgan fingerprint density at radius 3 is 2.44 bits per heavy atom. The Kier molecular flexibility index (Phi) is 5.25. The number of nitrogens with zero attached hydrogens (tertiary/aromatic N) is 3. The summed E-state index contributed by atoms with van der Waals surface area (Å²) in [5.74, 6) is 0.273. The van der Waals surface area contributed by atoms with Crippen LogP contribution in [0.25, 0.3) is 31.7 Å². The first-order valence-electron chi connectivity index (χ1n) is 10.3. The van der Waals surface area contributed by atoms with E-state index in [1.165, 1.54) is 15.9 Å². The highest BCUT2D eigenvalue weighted by molar-refractivity contribution is 7.25. The van der Waals surface area contributed by atoms with Crippen molar-refractivity contribution in [3.63, 3.8) is 0 Å². The minimum absolute atomic E-state index is 0.0720. The van der Waals surface area contributed by atoms with E-state index in [2.05, 4.69) is 10.3 Å². The standard InChI is InChI=1S/C25H20N4O2S/c1-16-27-22-19-12-13-20(18-10-6-3-7-11-18)28-24(19)32-23(22)25(31)29(16)15-21(30)26-14-17-8-4-2-5-9-17/h2-13H,14-15H2,1H3,(H,26,30). The number of aryl methyl sites for hydroxylation is 1. The lowest BCUT2D eigenvalue weighted by molar-refractivity contribution is -0.121. The lowest BCUT2D eigenvalue weighted by atomic mass is 10.1. The van der Waals surface area contributed by atoms with E-state index < -0.39 is 0 Å². The Labute approximate surface area is 188 Å². The van der Waals surface area contributed by atoms with Gasteiger partial charge in [-0.1, -0.05) is 60.7 Å². The zero-order valence-electron chi connectivity index (χ0n) is 17.4. The van der Waals surface area contributed by atoms with Crippen LogP contribution in [-0.4, -0.2) is 20.4 Å². The number of hydrogen-bond donors (Lipinski definition) is 1. The largest absolute Gasteiger partial charge is 0.350 e. The fourth-order valence-electron chi connectivity index (χ4n) is 3.67. The average molecular weight is 441 g/mol. The van der Waals surface area contributed by atoms with Crippen molar-refractivity contribution in [1.29, 1.82) is 0 Å². The molecule has 0 aliphatic heterocycles. The van der Waals surface area contributed by atoms with Crippen LogP contribution in [0.2, 0.25) is 0 Å². The average Bonchev–Trinajstić information content (AvgIpc) is 3.19. The van der Waals surface area contributed by atoms with Crippen molar-refractivity contribution in [1.82, 2.24) is 19.9 Å². The van der Waals surface area contributed by atoms with Crippen molar-refractivity contribution in [3.05, 3.63) is 94.5 Å². The third-order valence-corrected chi connectivity index (χ3v) is 6.41. The van der Waals surface area contributed by atoms with Crippen LogP contribution in [-0.2, 0) is 17.9 Å². The summed E-state index contributed by atoms with van der Waals surface area (Å²) in [6.07, 6.45) is 0. The lowest BCUT2D eigenvalue weighted by Gasteiger charge is -2.10. The van der Waals surface area contributed by atoms with E-state index in [0.717, 1.165) is 27.0 Å². The number of aromatic nitrogens is 3. The fourth-order valence-corrected chi connectivity index (χ4v) is 4.73. The maximum atomic E-state index is 13.2. The number of pyridine rings is 1. The second kappa shape index (κ2) is 8.36. The van der Waals surface area contributed by atoms with Gasteiger partial charge in [-0.3, -0.25) is 14.2 Å². The van der Waals surface area contributed by atoms with Crippen LogP contribution in [0.1, 0.15) is 11.4 Å². The molecule has 1 N–H and O–H groups in total. The molecule has 5 rings (SSSR count). The van der Waals surface area contributed by atoms with Gasteiger partial charge in [-0.15, -0.1) is 11.3 Å². The Morgan fingerprint density at radius 2 is 1.69 bits per heavy atom. The Hall–Kier alpha value is -3.84. The minimum Gasteiger partial charge on any atom is -0.350 e. The normalized spacial score (nSPS) is 11.2. The van der Waals surface area contributed by atoms with Gasteiger partial charge < -0.3 is 5.32 Å². The molecule has 0 bridgehead atoms. The monoisotopic (exact) mass is 440 g/mol. The van der Waals surface area contributed by atoms with Gasteiger partial charge in [0.2, 0.25) is 5.91 Å². The highest BCUT2D eigenvalue weighted by Crippen LogP contribution is 2.31. The molecule has 0 atom stereocenters. The van der Waals surface area contributed by atoms with Crippen molar-refractivity contribution < 1.29 is 4.79 Å². The maximum Gasteiger partial charge on any atom is 0.272 e. The number of carbonyl (C=O) groups excluding carboxylic acids is 1. The molecule has 0 radical (unpaired) electrons. The number of nitrogens with one attached hydrogen (secondary N) is 1. The Morgan fingerprint density at radius 1 is 0.969 bits per heavy atom. The summed E-state index contributed by atoms with van der Waals surface area (Å²) in [7, 11) is 0. The molecule has 32 heavy (non-hydrogen) atoms. The van der Waals surface area contributed by atoms with Gasteiger partial charge in [-0.2, -0.15) is 0 Å². The van der Waals surface area contributed by atoms with E-state index in [0.29, 0.717) is 22.6 Å². The number of amides is 1. The van der Waals surface area contributed by atoms with E-state index in [1.54, 1.807) is 6.92 Å². The molecule has 3 aromatic heterocycles. The van der Waals surface area contributed by atoms with Gasteiger partial charge in [-0.05, 0) is 24.6 Å². The summed E-state index contributed by atoms with van der Waals surface area (Å²) >= 11 is 1.32. The first-order chi connectivity index (χ1) is 15.6. The predicted molar refractivity (Wildman–Crippen MR) is 128 cm³/mol. The summed E-state index contributed by atoms with van der Waals surface area (Å²) in [6.45, 7) is 2.09. The molecule has 0 fully saturated rings. The molecular weight excluding hydrogens is 420 g/mol. The van der Waals surface area contributed by atoms with Gasteiger partial charge in [0.1, 0.15) is 21.9 Å². The molecule has 0 aliphatic rings. The first kappa shape index (κ1) is 20.1. The quantitative estimate of drug-likeness (QED) is 0.442. The molecule has 158 valence electrons. The second-order valence-electron chi connectivity index (χ2n) is 7.51. The summed E-state index contributed by atoms with van der Waals surface area (Å²) in [5.41, 5.74) is 3.29. The highest BCUT2D eigenvalue weighted by Gasteiger charge is 2.17. The zero-order chi connectivity index (χ0) is 22.1. The third-order valence-electron chi connectivity index (χ3n) is 5.34. The number of carbonyl (C=O) groups is 1. The van der Waals surface area contributed by atoms with E-state index in [9.17, 15) is 9.59 Å². The summed E-state index contributed by atoms with van der Waals surface area (Å²) in [4.78, 5) is 35.9. The predicted octanol–water partition coefficient (Wildman–Crippen LogP) is 4.30. The van der Waals surface area contributed by atoms with Gasteiger partial charge in [-0.25, -0.2) is 9.97 Å². The van der Waals surface area contributed by atoms with Crippen molar-refractivity contribution in [2.45, 2.75) is 20.0 Å². The van der Waals surface area contributed by atoms with Crippen molar-refractivity contribution in [2.24, 2.45) is 0 Å². The first-order valence-corrected chi connectivity index (χ1v) is 11.1. The van der Waals surface area contributed by atoms with Gasteiger partial charge in [0.25, 0.3) is 5.56 Å². The number of rotatable bonds is 5. The number of fused-ring (bicyclic) bond motifs is 3. The molecule has 0 spiro atoms. The Bertz CT molecular complexity index is 1490. The molecule has 2 aromatic carbocycles. The molecule has 3 heterocycles. The Balaban J connectivity index is 1.47. The summed E-state index contributed by atoms with van der Waals surface area (Å²) < 4.78 is 1.94. The van der Waals surface area contributed by atoms with Gasteiger partial charge in [0.15, 0.2) is 0 Å². The minimum atomic E-state index is -0.231. The smallest absolute Gasteiger partial charge is 0.272 e. The van der Waals surface area contributed by atoms with Crippen LogP contribution in [0.4, 0.5) is 0 Å². The van der Waals surface area contributed by atoms with Crippen LogP contribution in [0.5, 0.6) is 0 Å². The number of thiophene rings is 1. The van der Waals surface area contributed by atoms with Crippen LogP contribution in [0, 0.1) is 6.92 Å². The van der Waals surface area contributed by atoms with Gasteiger partial charge in [0.05, 0.1) is 11.2 Å². The molecule has 0 unspecified atom stereocenters. The summed E-state index contributed by atoms with van der Waals surface area (Å²) in [6, 6.07) is 23.5. The van der Waals surface area contributed by atoms with Crippen molar-refractivity contribution >= 4 is 37.7 Å². The van der Waals surface area contributed by atoms with E-state index >= 15 is 0 Å². The van der Waals surface area contributed by atoms with Gasteiger partial charge >= 0.3 is 0 Å². The number of benzene rings is 2. The molecule has 0 saturated carbocycles. The summed E-state index contributed by atoms with van der Waals surface area (Å²) in [5, 5.41) is 3.72. The second-order valence-corrected chi connectivity index (χ2v) is 8.51. The third kappa shape index (κ3) is 3.78. The SMILES string of the molecule is Cc1nc2c(sc3nc(-c4ccccc4)ccc32)c(=O)n1CC(=O)NCc1ccccc1. The van der Waals surface area contributed by atoms with Gasteiger partial charge in [0, 0.05) is 17.5 Å². The molecular formula is C25H20N4O2S.